The second-order valence-electron chi connectivity index (χ2n) is 4.80. The fourth-order valence-corrected chi connectivity index (χ4v) is 2.34. The molecule has 0 unspecified atom stereocenters. The van der Waals surface area contributed by atoms with Crippen molar-refractivity contribution in [1.29, 1.82) is 0 Å². The summed E-state index contributed by atoms with van der Waals surface area (Å²) in [5.41, 5.74) is 0.796. The number of β-lactam (4-membered cyclic amide) rings is 1. The highest BCUT2D eigenvalue weighted by Crippen LogP contribution is 2.20. The second kappa shape index (κ2) is 6.41. The van der Waals surface area contributed by atoms with Gasteiger partial charge in [-0.1, -0.05) is 25.1 Å². The van der Waals surface area contributed by atoms with E-state index in [0.29, 0.717) is 5.75 Å². The fraction of sp³-hybridized carbons (Fsp3) is 0.467. The zero-order valence-corrected chi connectivity index (χ0v) is 11.7. The van der Waals surface area contributed by atoms with Crippen molar-refractivity contribution in [3.05, 3.63) is 29.8 Å². The van der Waals surface area contributed by atoms with Crippen LogP contribution in [0.4, 0.5) is 0 Å². The van der Waals surface area contributed by atoms with Gasteiger partial charge in [-0.25, -0.2) is 0 Å². The van der Waals surface area contributed by atoms with E-state index in [9.17, 15) is 9.59 Å². The number of para-hydroxylation sites is 1. The predicted molar refractivity (Wildman–Crippen MR) is 73.4 cm³/mol. The molecular weight excluding hydrogens is 258 g/mol. The van der Waals surface area contributed by atoms with Gasteiger partial charge in [0.05, 0.1) is 25.5 Å². The van der Waals surface area contributed by atoms with Gasteiger partial charge < -0.3 is 14.8 Å². The molecule has 1 heterocycles. The highest BCUT2D eigenvalue weighted by molar-refractivity contribution is 5.86. The van der Waals surface area contributed by atoms with Crippen LogP contribution in [0.5, 0.6) is 5.75 Å². The molecule has 1 aliphatic heterocycles. The van der Waals surface area contributed by atoms with Gasteiger partial charge in [-0.2, -0.15) is 0 Å². The molecule has 0 aliphatic carbocycles. The lowest BCUT2D eigenvalue weighted by molar-refractivity contribution is -0.149. The standard InChI is InChI=1S/C15H19NO4/c1-3-11-12(16-15(11)18)9-20-14(17)8-10-6-4-5-7-13(10)19-2/h4-7,11-12H,3,8-9H2,1-2H3,(H,16,18)/t11-,12+/m1/s1. The number of nitrogens with one attached hydrogen (secondary N) is 1. The van der Waals surface area contributed by atoms with Gasteiger partial charge in [-0.05, 0) is 12.5 Å². The molecule has 5 nitrogen and oxygen atoms in total. The summed E-state index contributed by atoms with van der Waals surface area (Å²) in [5, 5.41) is 2.74. The minimum absolute atomic E-state index is 0.0333. The van der Waals surface area contributed by atoms with Crippen LogP contribution in [0.3, 0.4) is 0 Å². The van der Waals surface area contributed by atoms with Crippen LogP contribution in [0.15, 0.2) is 24.3 Å². The van der Waals surface area contributed by atoms with E-state index in [1.807, 2.05) is 31.2 Å². The first-order valence-electron chi connectivity index (χ1n) is 6.73. The molecule has 1 aliphatic rings. The molecule has 5 heteroatoms. The fourth-order valence-electron chi connectivity index (χ4n) is 2.34. The molecule has 1 amide bonds. The molecular formula is C15H19NO4. The van der Waals surface area contributed by atoms with Crippen molar-refractivity contribution in [1.82, 2.24) is 5.32 Å². The van der Waals surface area contributed by atoms with Gasteiger partial charge in [0.2, 0.25) is 5.91 Å². The molecule has 0 aromatic heterocycles. The number of esters is 1. The Morgan fingerprint density at radius 3 is 2.75 bits per heavy atom. The summed E-state index contributed by atoms with van der Waals surface area (Å²) in [7, 11) is 1.57. The Morgan fingerprint density at radius 1 is 1.35 bits per heavy atom. The second-order valence-corrected chi connectivity index (χ2v) is 4.80. The van der Waals surface area contributed by atoms with Crippen LogP contribution < -0.4 is 10.1 Å². The average Bonchev–Trinajstić information content (AvgIpc) is 2.44. The van der Waals surface area contributed by atoms with Gasteiger partial charge >= 0.3 is 5.97 Å². The molecule has 0 bridgehead atoms. The maximum atomic E-state index is 11.8. The Kier molecular flexibility index (Phi) is 4.61. The number of methoxy groups -OCH3 is 1. The molecule has 0 saturated carbocycles. The maximum Gasteiger partial charge on any atom is 0.310 e. The Balaban J connectivity index is 1.83. The minimum atomic E-state index is -0.314. The highest BCUT2D eigenvalue weighted by atomic mass is 16.5. The van der Waals surface area contributed by atoms with Crippen LogP contribution in [0.2, 0.25) is 0 Å². The quantitative estimate of drug-likeness (QED) is 0.629. The van der Waals surface area contributed by atoms with E-state index in [0.717, 1.165) is 12.0 Å². The Morgan fingerprint density at radius 2 is 2.10 bits per heavy atom. The van der Waals surface area contributed by atoms with E-state index in [2.05, 4.69) is 5.32 Å². The van der Waals surface area contributed by atoms with Crippen LogP contribution in [0, 0.1) is 5.92 Å². The molecule has 20 heavy (non-hydrogen) atoms. The van der Waals surface area contributed by atoms with Crippen LogP contribution in [-0.2, 0) is 20.7 Å². The zero-order valence-electron chi connectivity index (χ0n) is 11.7. The first-order chi connectivity index (χ1) is 9.65. The van der Waals surface area contributed by atoms with Crippen LogP contribution in [0.1, 0.15) is 18.9 Å². The molecule has 1 fully saturated rings. The van der Waals surface area contributed by atoms with Gasteiger partial charge in [-0.3, -0.25) is 9.59 Å². The van der Waals surface area contributed by atoms with Crippen molar-refractivity contribution in [3.63, 3.8) is 0 Å². The van der Waals surface area contributed by atoms with Crippen molar-refractivity contribution < 1.29 is 19.1 Å². The number of ether oxygens (including phenoxy) is 2. The number of amides is 1. The van der Waals surface area contributed by atoms with Crippen molar-refractivity contribution in [2.24, 2.45) is 5.92 Å². The number of carbonyl (C=O) groups is 2. The molecule has 108 valence electrons. The monoisotopic (exact) mass is 277 g/mol. The third kappa shape index (κ3) is 3.10. The third-order valence-electron chi connectivity index (χ3n) is 3.54. The van der Waals surface area contributed by atoms with Crippen molar-refractivity contribution in [2.75, 3.05) is 13.7 Å². The van der Waals surface area contributed by atoms with E-state index in [1.54, 1.807) is 7.11 Å². The SMILES string of the molecule is CC[C@H]1C(=O)N[C@H]1COC(=O)Cc1ccccc1OC. The smallest absolute Gasteiger partial charge is 0.310 e. The molecule has 1 aromatic carbocycles. The molecule has 0 radical (unpaired) electrons. The lowest BCUT2D eigenvalue weighted by Gasteiger charge is -2.35. The van der Waals surface area contributed by atoms with Gasteiger partial charge in [0.1, 0.15) is 12.4 Å². The Labute approximate surface area is 118 Å². The van der Waals surface area contributed by atoms with Crippen LogP contribution in [-0.4, -0.2) is 31.6 Å². The van der Waals surface area contributed by atoms with Crippen molar-refractivity contribution in [3.8, 4) is 5.75 Å². The lowest BCUT2D eigenvalue weighted by Crippen LogP contribution is -2.60. The Bertz CT molecular complexity index is 500. The van der Waals surface area contributed by atoms with Crippen LogP contribution >= 0.6 is 0 Å². The third-order valence-corrected chi connectivity index (χ3v) is 3.54. The minimum Gasteiger partial charge on any atom is -0.496 e. The van der Waals surface area contributed by atoms with Crippen molar-refractivity contribution >= 4 is 11.9 Å². The summed E-state index contributed by atoms with van der Waals surface area (Å²) < 4.78 is 10.4. The number of hydrogen-bond donors (Lipinski definition) is 1. The summed E-state index contributed by atoms with van der Waals surface area (Å²) in [4.78, 5) is 23.0. The average molecular weight is 277 g/mol. The Hall–Kier alpha value is -2.04. The largest absolute Gasteiger partial charge is 0.496 e. The summed E-state index contributed by atoms with van der Waals surface area (Å²) in [6.45, 7) is 2.19. The highest BCUT2D eigenvalue weighted by Gasteiger charge is 2.38. The summed E-state index contributed by atoms with van der Waals surface area (Å²) >= 11 is 0. The van der Waals surface area contributed by atoms with E-state index >= 15 is 0 Å². The summed E-state index contributed by atoms with van der Waals surface area (Å²) in [5.74, 6) is 0.366. The summed E-state index contributed by atoms with van der Waals surface area (Å²) in [6.07, 6.45) is 0.933. The molecule has 0 spiro atoms. The van der Waals surface area contributed by atoms with Gasteiger partial charge in [0, 0.05) is 5.56 Å². The number of benzene rings is 1. The number of rotatable bonds is 6. The lowest BCUT2D eigenvalue weighted by atomic mass is 9.89. The number of carbonyl (C=O) groups excluding carboxylic acids is 2. The zero-order chi connectivity index (χ0) is 14.5. The first-order valence-corrected chi connectivity index (χ1v) is 6.73. The van der Waals surface area contributed by atoms with Gasteiger partial charge in [0.25, 0.3) is 0 Å². The summed E-state index contributed by atoms with van der Waals surface area (Å²) in [6, 6.07) is 7.30. The molecule has 2 atom stereocenters. The molecule has 1 saturated heterocycles. The van der Waals surface area contributed by atoms with E-state index < -0.39 is 0 Å². The molecule has 1 aromatic rings. The topological polar surface area (TPSA) is 64.6 Å². The van der Waals surface area contributed by atoms with E-state index in [-0.39, 0.29) is 36.9 Å². The van der Waals surface area contributed by atoms with Gasteiger partial charge in [0.15, 0.2) is 0 Å². The molecule has 2 rings (SSSR count). The molecule has 1 N–H and O–H groups in total. The van der Waals surface area contributed by atoms with E-state index in [1.165, 1.54) is 0 Å². The predicted octanol–water partition coefficient (Wildman–Crippen LogP) is 1.31. The first kappa shape index (κ1) is 14.4. The van der Waals surface area contributed by atoms with Gasteiger partial charge in [-0.15, -0.1) is 0 Å². The van der Waals surface area contributed by atoms with Crippen molar-refractivity contribution in [2.45, 2.75) is 25.8 Å². The van der Waals surface area contributed by atoms with Crippen LogP contribution in [0.25, 0.3) is 0 Å². The maximum absolute atomic E-state index is 11.8. The number of hydrogen-bond acceptors (Lipinski definition) is 4. The van der Waals surface area contributed by atoms with E-state index in [4.69, 9.17) is 9.47 Å². The normalized spacial score (nSPS) is 20.8.